The molecule has 0 spiro atoms. The molecule has 6 heteroatoms. The minimum absolute atomic E-state index is 0.204. The average molecular weight is 315 g/mol. The molecule has 0 aliphatic rings. The van der Waals surface area contributed by atoms with E-state index in [0.717, 1.165) is 24.9 Å². The Hall–Kier alpha value is -2.18. The Morgan fingerprint density at radius 3 is 3.00 bits per heavy atom. The van der Waals surface area contributed by atoms with Crippen LogP contribution in [0.1, 0.15) is 17.5 Å². The highest BCUT2D eigenvalue weighted by molar-refractivity contribution is 7.13. The second kappa shape index (κ2) is 6.72. The van der Waals surface area contributed by atoms with Crippen LogP contribution in [0.3, 0.4) is 0 Å². The summed E-state index contributed by atoms with van der Waals surface area (Å²) in [7, 11) is 0. The number of hydrogen-bond donors (Lipinski definition) is 2. The molecule has 0 saturated carbocycles. The predicted molar refractivity (Wildman–Crippen MR) is 89.3 cm³/mol. The standard InChI is InChI=1S/C16H17N3O2S/c20-19(21)16-8-12(11-22-16)9-17-7-3-4-13-10-18-15-6-2-1-5-14(13)15/h1-2,5-6,8,10-11,17-18H,3-4,7,9H2. The van der Waals surface area contributed by atoms with Gasteiger partial charge in [-0.25, -0.2) is 0 Å². The number of para-hydroxylation sites is 1. The number of H-pyrrole nitrogens is 1. The number of nitro groups is 1. The minimum atomic E-state index is -0.342. The van der Waals surface area contributed by atoms with Gasteiger partial charge in [0.15, 0.2) is 0 Å². The summed E-state index contributed by atoms with van der Waals surface area (Å²) in [6, 6.07) is 9.95. The summed E-state index contributed by atoms with van der Waals surface area (Å²) in [5.74, 6) is 0. The highest BCUT2D eigenvalue weighted by Crippen LogP contribution is 2.22. The maximum atomic E-state index is 10.6. The molecule has 22 heavy (non-hydrogen) atoms. The van der Waals surface area contributed by atoms with Gasteiger partial charge in [-0.1, -0.05) is 29.5 Å². The first kappa shape index (κ1) is 14.7. The van der Waals surface area contributed by atoms with E-state index in [9.17, 15) is 10.1 Å². The molecule has 0 fully saturated rings. The van der Waals surface area contributed by atoms with E-state index in [2.05, 4.69) is 34.7 Å². The topological polar surface area (TPSA) is 71.0 Å². The summed E-state index contributed by atoms with van der Waals surface area (Å²) >= 11 is 1.18. The lowest BCUT2D eigenvalue weighted by Crippen LogP contribution is -2.14. The van der Waals surface area contributed by atoms with Crippen molar-refractivity contribution in [1.29, 1.82) is 0 Å². The zero-order chi connectivity index (χ0) is 15.4. The van der Waals surface area contributed by atoms with Crippen molar-refractivity contribution in [3.8, 4) is 0 Å². The van der Waals surface area contributed by atoms with Gasteiger partial charge >= 0.3 is 5.00 Å². The van der Waals surface area contributed by atoms with Crippen LogP contribution in [-0.2, 0) is 13.0 Å². The number of nitrogens with zero attached hydrogens (tertiary/aromatic N) is 1. The largest absolute Gasteiger partial charge is 0.361 e. The van der Waals surface area contributed by atoms with Crippen LogP contribution in [0.5, 0.6) is 0 Å². The van der Waals surface area contributed by atoms with Gasteiger partial charge in [0, 0.05) is 35.1 Å². The molecular weight excluding hydrogens is 298 g/mol. The van der Waals surface area contributed by atoms with Crippen LogP contribution < -0.4 is 5.32 Å². The first-order valence-electron chi connectivity index (χ1n) is 7.21. The molecule has 0 bridgehead atoms. The number of rotatable bonds is 7. The summed E-state index contributed by atoms with van der Waals surface area (Å²) in [6.07, 6.45) is 4.13. The molecular formula is C16H17N3O2S. The quantitative estimate of drug-likeness (QED) is 0.395. The van der Waals surface area contributed by atoms with Crippen LogP contribution >= 0.6 is 11.3 Å². The molecule has 5 nitrogen and oxygen atoms in total. The summed E-state index contributed by atoms with van der Waals surface area (Å²) in [5, 5.41) is 17.3. The van der Waals surface area contributed by atoms with Crippen molar-refractivity contribution >= 4 is 27.2 Å². The van der Waals surface area contributed by atoms with Crippen molar-refractivity contribution in [3.05, 3.63) is 63.1 Å². The van der Waals surface area contributed by atoms with Gasteiger partial charge in [0.2, 0.25) is 0 Å². The minimum Gasteiger partial charge on any atom is -0.361 e. The number of aromatic nitrogens is 1. The molecule has 0 unspecified atom stereocenters. The molecule has 0 aliphatic carbocycles. The molecule has 2 N–H and O–H groups in total. The van der Waals surface area contributed by atoms with Crippen molar-refractivity contribution < 1.29 is 4.92 Å². The first-order valence-corrected chi connectivity index (χ1v) is 8.09. The van der Waals surface area contributed by atoms with E-state index in [0.29, 0.717) is 6.54 Å². The Balaban J connectivity index is 1.44. The highest BCUT2D eigenvalue weighted by Gasteiger charge is 2.09. The normalized spacial score (nSPS) is 11.1. The number of aromatic amines is 1. The van der Waals surface area contributed by atoms with E-state index in [1.807, 2.05) is 11.4 Å². The predicted octanol–water partition coefficient (Wildman–Crippen LogP) is 3.86. The third-order valence-corrected chi connectivity index (χ3v) is 4.55. The van der Waals surface area contributed by atoms with E-state index in [-0.39, 0.29) is 9.92 Å². The van der Waals surface area contributed by atoms with Crippen molar-refractivity contribution in [2.75, 3.05) is 6.54 Å². The van der Waals surface area contributed by atoms with Crippen LogP contribution in [0, 0.1) is 10.1 Å². The molecule has 0 atom stereocenters. The Kier molecular flexibility index (Phi) is 4.50. The van der Waals surface area contributed by atoms with Gasteiger partial charge in [-0.05, 0) is 36.6 Å². The van der Waals surface area contributed by atoms with Gasteiger partial charge < -0.3 is 10.3 Å². The van der Waals surface area contributed by atoms with E-state index in [1.165, 1.54) is 27.8 Å². The third kappa shape index (κ3) is 3.35. The zero-order valence-corrected chi connectivity index (χ0v) is 12.9. The number of thiophene rings is 1. The van der Waals surface area contributed by atoms with Crippen LogP contribution in [0.25, 0.3) is 10.9 Å². The van der Waals surface area contributed by atoms with Gasteiger partial charge in [-0.2, -0.15) is 0 Å². The van der Waals surface area contributed by atoms with Crippen molar-refractivity contribution in [2.24, 2.45) is 0 Å². The lowest BCUT2D eigenvalue weighted by Gasteiger charge is -2.03. The monoisotopic (exact) mass is 315 g/mol. The van der Waals surface area contributed by atoms with E-state index >= 15 is 0 Å². The first-order chi connectivity index (χ1) is 10.7. The molecule has 2 heterocycles. The van der Waals surface area contributed by atoms with Crippen LogP contribution in [0.4, 0.5) is 5.00 Å². The number of benzene rings is 1. The van der Waals surface area contributed by atoms with E-state index in [1.54, 1.807) is 6.07 Å². The van der Waals surface area contributed by atoms with Gasteiger partial charge in [0.05, 0.1) is 4.92 Å². The third-order valence-electron chi connectivity index (χ3n) is 3.62. The van der Waals surface area contributed by atoms with Crippen molar-refractivity contribution in [3.63, 3.8) is 0 Å². The Labute approximate surface area is 132 Å². The van der Waals surface area contributed by atoms with Crippen LogP contribution in [0.15, 0.2) is 41.9 Å². The molecule has 2 aromatic heterocycles. The smallest absolute Gasteiger partial charge is 0.324 e. The lowest BCUT2D eigenvalue weighted by molar-refractivity contribution is -0.380. The van der Waals surface area contributed by atoms with E-state index in [4.69, 9.17) is 0 Å². The lowest BCUT2D eigenvalue weighted by atomic mass is 10.1. The fourth-order valence-electron chi connectivity index (χ4n) is 2.53. The second-order valence-electron chi connectivity index (χ2n) is 5.19. The number of aryl methyl sites for hydroxylation is 1. The molecule has 0 aliphatic heterocycles. The Morgan fingerprint density at radius 1 is 1.32 bits per heavy atom. The van der Waals surface area contributed by atoms with Crippen LogP contribution in [0.2, 0.25) is 0 Å². The van der Waals surface area contributed by atoms with Gasteiger partial charge in [-0.15, -0.1) is 0 Å². The summed E-state index contributed by atoms with van der Waals surface area (Å²) in [4.78, 5) is 13.6. The van der Waals surface area contributed by atoms with Gasteiger partial charge in [0.1, 0.15) is 0 Å². The fourth-order valence-corrected chi connectivity index (χ4v) is 3.26. The molecule has 0 saturated heterocycles. The van der Waals surface area contributed by atoms with E-state index < -0.39 is 0 Å². The van der Waals surface area contributed by atoms with Crippen LogP contribution in [-0.4, -0.2) is 16.5 Å². The number of hydrogen-bond acceptors (Lipinski definition) is 4. The molecule has 3 aromatic rings. The van der Waals surface area contributed by atoms with Gasteiger partial charge in [0.25, 0.3) is 0 Å². The molecule has 0 amide bonds. The zero-order valence-electron chi connectivity index (χ0n) is 12.0. The average Bonchev–Trinajstić information content (AvgIpc) is 3.14. The SMILES string of the molecule is O=[N+]([O-])c1cc(CNCCCc2c[nH]c3ccccc23)cs1. The maximum Gasteiger partial charge on any atom is 0.324 e. The summed E-state index contributed by atoms with van der Waals surface area (Å²) in [5.41, 5.74) is 3.49. The molecule has 0 radical (unpaired) electrons. The number of nitrogens with one attached hydrogen (secondary N) is 2. The molecule has 114 valence electrons. The summed E-state index contributed by atoms with van der Waals surface area (Å²) in [6.45, 7) is 1.57. The number of fused-ring (bicyclic) bond motifs is 1. The highest BCUT2D eigenvalue weighted by atomic mass is 32.1. The van der Waals surface area contributed by atoms with Crippen molar-refractivity contribution in [1.82, 2.24) is 10.3 Å². The molecule has 3 rings (SSSR count). The summed E-state index contributed by atoms with van der Waals surface area (Å²) < 4.78 is 0. The van der Waals surface area contributed by atoms with Crippen molar-refractivity contribution in [2.45, 2.75) is 19.4 Å². The van der Waals surface area contributed by atoms with Gasteiger partial charge in [-0.3, -0.25) is 10.1 Å². The maximum absolute atomic E-state index is 10.6. The second-order valence-corrected chi connectivity index (χ2v) is 6.08. The molecule has 1 aromatic carbocycles. The Bertz CT molecular complexity index is 778. The Morgan fingerprint density at radius 2 is 2.18 bits per heavy atom. The fraction of sp³-hybridized carbons (Fsp3) is 0.250.